The number of nitrogens with zero attached hydrogens (tertiary/aromatic N) is 3. The molecule has 272 valence electrons. The van der Waals surface area contributed by atoms with Gasteiger partial charge in [-0.1, -0.05) is 47.1 Å². The Labute approximate surface area is 291 Å². The summed E-state index contributed by atoms with van der Waals surface area (Å²) >= 11 is 0. The summed E-state index contributed by atoms with van der Waals surface area (Å²) in [5.74, 6) is -1.79. The summed E-state index contributed by atoms with van der Waals surface area (Å²) in [6.45, 7) is 13.3. The van der Waals surface area contributed by atoms with Crippen LogP contribution in [0.5, 0.6) is 0 Å². The van der Waals surface area contributed by atoms with Gasteiger partial charge in [0, 0.05) is 45.1 Å². The molecule has 0 spiro atoms. The molecule has 1 aliphatic rings. The Balaban J connectivity index is 1.77. The summed E-state index contributed by atoms with van der Waals surface area (Å²) < 4.78 is 11.9. The van der Waals surface area contributed by atoms with E-state index < -0.39 is 41.7 Å². The molecule has 3 rings (SSSR count). The molecule has 1 aromatic carbocycles. The molecule has 0 radical (unpaired) electrons. The minimum atomic E-state index is -1.15. The lowest BCUT2D eigenvalue weighted by molar-refractivity contribution is -0.147. The fraction of sp³-hybridized carbons (Fsp3) is 0.649. The third kappa shape index (κ3) is 9.76. The van der Waals surface area contributed by atoms with Gasteiger partial charge in [0.2, 0.25) is 23.6 Å². The van der Waals surface area contributed by atoms with Gasteiger partial charge in [-0.25, -0.2) is 0 Å². The van der Waals surface area contributed by atoms with Crippen molar-refractivity contribution in [2.45, 2.75) is 110 Å². The molecule has 12 nitrogen and oxygen atoms in total. The topological polar surface area (TPSA) is 156 Å². The number of aromatic nitrogens is 1. The lowest BCUT2D eigenvalue weighted by Gasteiger charge is -2.41. The summed E-state index contributed by atoms with van der Waals surface area (Å²) in [7, 11) is 4.83. The molecule has 1 aromatic heterocycles. The van der Waals surface area contributed by atoms with Crippen LogP contribution in [-0.4, -0.2) is 102 Å². The number of hydrogen-bond donors (Lipinski definition) is 3. The number of fused-ring (bicyclic) bond motifs is 1. The summed E-state index contributed by atoms with van der Waals surface area (Å²) in [5.41, 5.74) is 6.37. The van der Waals surface area contributed by atoms with Gasteiger partial charge in [0.05, 0.1) is 47.7 Å². The number of likely N-dealkylation sites (N-methyl/N-ethyl adjacent to an activating group) is 1. The second-order valence-electron chi connectivity index (χ2n) is 14.4. The SMILES string of the molecule is CC[C@H](C)[C@@H]([C@@H](CC(=O)N1CCC[C@H]1[C@H](OC)[C@@H](C)C(=O)Nc1ccc2ncccc2c1)OC)N(C)C(=O)[C@@H](NC(=O)C(C)(C)N)C(C)C. The highest BCUT2D eigenvalue weighted by Crippen LogP contribution is 2.30. The molecular weight excluding hydrogens is 624 g/mol. The smallest absolute Gasteiger partial charge is 0.245 e. The monoisotopic (exact) mass is 682 g/mol. The molecule has 2 heterocycles. The van der Waals surface area contributed by atoms with E-state index in [0.717, 1.165) is 23.7 Å². The van der Waals surface area contributed by atoms with Gasteiger partial charge in [-0.15, -0.1) is 0 Å². The number of nitrogens with one attached hydrogen (secondary N) is 2. The Morgan fingerprint density at radius 3 is 2.39 bits per heavy atom. The molecule has 0 saturated carbocycles. The molecule has 2 aromatic rings. The Hall–Kier alpha value is -3.61. The lowest BCUT2D eigenvalue weighted by atomic mass is 9.89. The van der Waals surface area contributed by atoms with Crippen LogP contribution in [0.15, 0.2) is 36.5 Å². The van der Waals surface area contributed by atoms with E-state index in [1.807, 2.05) is 69.9 Å². The fourth-order valence-electron chi connectivity index (χ4n) is 6.78. The van der Waals surface area contributed by atoms with E-state index in [2.05, 4.69) is 15.6 Å². The van der Waals surface area contributed by atoms with E-state index in [1.165, 1.54) is 0 Å². The van der Waals surface area contributed by atoms with Gasteiger partial charge >= 0.3 is 0 Å². The molecule has 1 aliphatic heterocycles. The van der Waals surface area contributed by atoms with Crippen LogP contribution in [-0.2, 0) is 28.7 Å². The number of amides is 4. The van der Waals surface area contributed by atoms with Crippen molar-refractivity contribution in [3.8, 4) is 0 Å². The van der Waals surface area contributed by atoms with Crippen LogP contribution in [0, 0.1) is 17.8 Å². The van der Waals surface area contributed by atoms with E-state index in [4.69, 9.17) is 15.2 Å². The Kier molecular flexibility index (Phi) is 14.1. The number of rotatable bonds is 16. The molecule has 4 N–H and O–H groups in total. The van der Waals surface area contributed by atoms with Crippen LogP contribution < -0.4 is 16.4 Å². The summed E-state index contributed by atoms with van der Waals surface area (Å²) in [5, 5.41) is 6.77. The third-order valence-electron chi connectivity index (χ3n) is 9.93. The van der Waals surface area contributed by atoms with Crippen molar-refractivity contribution in [1.29, 1.82) is 0 Å². The number of methoxy groups -OCH3 is 2. The highest BCUT2D eigenvalue weighted by Gasteiger charge is 2.43. The molecule has 7 atom stereocenters. The molecule has 12 heteroatoms. The highest BCUT2D eigenvalue weighted by molar-refractivity contribution is 5.95. The van der Waals surface area contributed by atoms with Crippen molar-refractivity contribution in [2.24, 2.45) is 23.5 Å². The van der Waals surface area contributed by atoms with Gasteiger partial charge in [0.15, 0.2) is 0 Å². The Bertz CT molecular complexity index is 1440. The number of ether oxygens (including phenoxy) is 2. The van der Waals surface area contributed by atoms with Crippen LogP contribution in [0.2, 0.25) is 0 Å². The highest BCUT2D eigenvalue weighted by atomic mass is 16.5. The average molecular weight is 683 g/mol. The average Bonchev–Trinajstić information content (AvgIpc) is 3.55. The first-order valence-electron chi connectivity index (χ1n) is 17.4. The van der Waals surface area contributed by atoms with E-state index in [9.17, 15) is 19.2 Å². The molecule has 0 unspecified atom stereocenters. The number of hydrogen-bond acceptors (Lipinski definition) is 8. The minimum absolute atomic E-state index is 0.0168. The van der Waals surface area contributed by atoms with Gasteiger partial charge in [-0.05, 0) is 62.8 Å². The number of nitrogens with two attached hydrogens (primary N) is 1. The molecule has 4 amide bonds. The number of likely N-dealkylation sites (tertiary alicyclic amines) is 1. The van der Waals surface area contributed by atoms with Gasteiger partial charge in [-0.2, -0.15) is 0 Å². The number of pyridine rings is 1. The predicted molar refractivity (Wildman–Crippen MR) is 192 cm³/mol. The van der Waals surface area contributed by atoms with Crippen molar-refractivity contribution < 1.29 is 28.7 Å². The van der Waals surface area contributed by atoms with Gasteiger partial charge < -0.3 is 35.6 Å². The van der Waals surface area contributed by atoms with E-state index in [-0.39, 0.29) is 42.0 Å². The van der Waals surface area contributed by atoms with Crippen LogP contribution >= 0.6 is 0 Å². The molecule has 1 fully saturated rings. The van der Waals surface area contributed by atoms with Crippen molar-refractivity contribution in [1.82, 2.24) is 20.1 Å². The summed E-state index contributed by atoms with van der Waals surface area (Å²) in [4.78, 5) is 62.0. The normalized spacial score (nSPS) is 18.8. The number of anilines is 1. The fourth-order valence-corrected chi connectivity index (χ4v) is 6.78. The van der Waals surface area contributed by atoms with Gasteiger partial charge in [0.1, 0.15) is 6.04 Å². The van der Waals surface area contributed by atoms with Crippen molar-refractivity contribution in [3.63, 3.8) is 0 Å². The zero-order chi connectivity index (χ0) is 36.6. The van der Waals surface area contributed by atoms with Gasteiger partial charge in [-0.3, -0.25) is 24.2 Å². The third-order valence-corrected chi connectivity index (χ3v) is 9.93. The zero-order valence-electron chi connectivity index (χ0n) is 31.0. The van der Waals surface area contributed by atoms with E-state index >= 15 is 0 Å². The zero-order valence-corrected chi connectivity index (χ0v) is 31.0. The van der Waals surface area contributed by atoms with Crippen LogP contribution in [0.3, 0.4) is 0 Å². The van der Waals surface area contributed by atoms with Crippen LogP contribution in [0.1, 0.15) is 74.1 Å². The largest absolute Gasteiger partial charge is 0.379 e. The minimum Gasteiger partial charge on any atom is -0.379 e. The van der Waals surface area contributed by atoms with Gasteiger partial charge in [0.25, 0.3) is 0 Å². The second kappa shape index (κ2) is 17.4. The van der Waals surface area contributed by atoms with Crippen LogP contribution in [0.25, 0.3) is 10.9 Å². The second-order valence-corrected chi connectivity index (χ2v) is 14.4. The molecule has 49 heavy (non-hydrogen) atoms. The Morgan fingerprint density at radius 1 is 1.10 bits per heavy atom. The maximum atomic E-state index is 14.1. The van der Waals surface area contributed by atoms with Crippen LogP contribution in [0.4, 0.5) is 5.69 Å². The predicted octanol–water partition coefficient (Wildman–Crippen LogP) is 3.97. The van der Waals surface area contributed by atoms with Crippen molar-refractivity contribution in [2.75, 3.05) is 33.1 Å². The quantitative estimate of drug-likeness (QED) is 0.240. The summed E-state index contributed by atoms with van der Waals surface area (Å²) in [6.07, 6.45) is 2.83. The van der Waals surface area contributed by atoms with E-state index in [1.54, 1.807) is 46.2 Å². The maximum Gasteiger partial charge on any atom is 0.245 e. The first kappa shape index (κ1) is 39.8. The molecule has 0 aliphatic carbocycles. The Morgan fingerprint density at radius 2 is 1.80 bits per heavy atom. The number of carbonyl (C=O) groups excluding carboxylic acids is 4. The van der Waals surface area contributed by atoms with E-state index in [0.29, 0.717) is 18.7 Å². The first-order chi connectivity index (χ1) is 23.0. The van der Waals surface area contributed by atoms with Crippen molar-refractivity contribution >= 4 is 40.2 Å². The lowest BCUT2D eigenvalue weighted by Crippen LogP contribution is -2.60. The number of benzene rings is 1. The standard InChI is InChI=1S/C37H58N6O6/c1-11-23(4)32(42(8)35(46)31(22(2)3)41-36(47)37(6,7)38)29(48-9)21-30(44)43-19-13-15-28(43)33(49-10)24(5)34(45)40-26-16-17-27-25(20-26)14-12-18-39-27/h12,14,16-18,20,22-24,28-29,31-33H,11,13,15,19,21,38H2,1-10H3,(H,40,45)(H,41,47)/t23-,24+,28-,29+,31-,32-,33+/m0/s1. The maximum absolute atomic E-state index is 14.1. The van der Waals surface area contributed by atoms with Crippen molar-refractivity contribution in [3.05, 3.63) is 36.5 Å². The molecular formula is C37H58N6O6. The first-order valence-corrected chi connectivity index (χ1v) is 17.4. The molecule has 1 saturated heterocycles. The summed E-state index contributed by atoms with van der Waals surface area (Å²) in [6, 6.07) is 7.81. The number of carbonyl (C=O) groups is 4. The molecule has 0 bridgehead atoms.